The average Bonchev–Trinajstić information content (AvgIpc) is 2.95. The Bertz CT molecular complexity index is 639. The van der Waals surface area contributed by atoms with Crippen LogP contribution in [0.3, 0.4) is 0 Å². The van der Waals surface area contributed by atoms with Gasteiger partial charge in [-0.3, -0.25) is 5.10 Å². The number of nitrogens with zero attached hydrogens (tertiary/aromatic N) is 1. The van der Waals surface area contributed by atoms with Gasteiger partial charge in [0.2, 0.25) is 8.32 Å². The predicted molar refractivity (Wildman–Crippen MR) is 105 cm³/mol. The van der Waals surface area contributed by atoms with Crippen LogP contribution in [0.2, 0.25) is 16.6 Å². The van der Waals surface area contributed by atoms with E-state index in [1.807, 2.05) is 0 Å². The van der Waals surface area contributed by atoms with Crippen molar-refractivity contribution >= 4 is 8.32 Å². The van der Waals surface area contributed by atoms with E-state index in [1.165, 1.54) is 5.56 Å². The molecule has 0 saturated heterocycles. The Morgan fingerprint density at radius 3 is 2.17 bits per heavy atom. The summed E-state index contributed by atoms with van der Waals surface area (Å²) in [5, 5.41) is 7.63. The van der Waals surface area contributed by atoms with Crippen molar-refractivity contribution in [3.63, 3.8) is 0 Å². The Kier molecular flexibility index (Phi) is 6.05. The number of aromatic amines is 1. The molecular weight excluding hydrogens is 312 g/mol. The molecule has 0 spiro atoms. The summed E-state index contributed by atoms with van der Waals surface area (Å²) in [6, 6.07) is 10.6. The zero-order chi connectivity index (χ0) is 17.9. The largest absolute Gasteiger partial charge is 0.410 e. The Hall–Kier alpha value is -1.39. The quantitative estimate of drug-likeness (QED) is 0.618. The minimum atomic E-state index is -1.84. The van der Waals surface area contributed by atoms with Gasteiger partial charge in [0.05, 0.1) is 18.0 Å². The summed E-state index contributed by atoms with van der Waals surface area (Å²) in [4.78, 5) is 0. The second kappa shape index (κ2) is 7.66. The van der Waals surface area contributed by atoms with Crippen LogP contribution in [0.1, 0.15) is 52.8 Å². The highest BCUT2D eigenvalue weighted by Crippen LogP contribution is 2.42. The number of hydrogen-bond donors (Lipinski definition) is 1. The van der Waals surface area contributed by atoms with Crippen LogP contribution in [-0.2, 0) is 11.0 Å². The summed E-state index contributed by atoms with van der Waals surface area (Å²) in [6.07, 6.45) is 0. The molecule has 0 amide bonds. The van der Waals surface area contributed by atoms with Crippen molar-refractivity contribution in [2.75, 3.05) is 0 Å². The molecule has 4 heteroatoms. The highest BCUT2D eigenvalue weighted by Gasteiger charge is 2.45. The summed E-state index contributed by atoms with van der Waals surface area (Å²) in [7, 11) is -1.84. The van der Waals surface area contributed by atoms with E-state index in [2.05, 4.69) is 89.0 Å². The van der Waals surface area contributed by atoms with E-state index in [0.717, 1.165) is 17.0 Å². The first kappa shape index (κ1) is 18.9. The number of rotatable bonds is 7. The molecule has 2 rings (SSSR count). The standard InChI is InChI=1S/C20H32N2OSi/c1-14(2)24(15(3)4,16(5)6)23-13-19-12-20(22-21-19)18-10-8-9-17(7)11-18/h8-12,14-16H,13H2,1-7H3,(H,21,22). The lowest BCUT2D eigenvalue weighted by Gasteiger charge is -2.42. The van der Waals surface area contributed by atoms with Crippen molar-refractivity contribution in [3.8, 4) is 11.3 Å². The maximum absolute atomic E-state index is 6.64. The second-order valence-electron chi connectivity index (χ2n) is 7.75. The first-order valence-electron chi connectivity index (χ1n) is 9.02. The second-order valence-corrected chi connectivity index (χ2v) is 13.2. The third-order valence-electron chi connectivity index (χ3n) is 5.13. The normalized spacial score (nSPS) is 12.6. The fourth-order valence-corrected chi connectivity index (χ4v) is 9.50. The molecule has 0 atom stereocenters. The number of nitrogens with one attached hydrogen (secondary N) is 1. The van der Waals surface area contributed by atoms with Crippen molar-refractivity contribution in [3.05, 3.63) is 41.6 Å². The summed E-state index contributed by atoms with van der Waals surface area (Å²) < 4.78 is 6.64. The SMILES string of the molecule is Cc1cccc(-c2cc(CO[Si](C(C)C)(C(C)C)C(C)C)[nH]n2)c1. The molecule has 0 radical (unpaired) electrons. The maximum atomic E-state index is 6.64. The smallest absolute Gasteiger partial charge is 0.200 e. The van der Waals surface area contributed by atoms with E-state index in [-0.39, 0.29) is 0 Å². The van der Waals surface area contributed by atoms with Gasteiger partial charge in [0.1, 0.15) is 0 Å². The van der Waals surface area contributed by atoms with E-state index in [4.69, 9.17) is 4.43 Å². The lowest BCUT2D eigenvalue weighted by molar-refractivity contribution is 0.261. The highest BCUT2D eigenvalue weighted by atomic mass is 28.4. The van der Waals surface area contributed by atoms with Crippen molar-refractivity contribution in [1.29, 1.82) is 0 Å². The fraction of sp³-hybridized carbons (Fsp3) is 0.550. The van der Waals surface area contributed by atoms with Crippen LogP contribution in [0.25, 0.3) is 11.3 Å². The molecule has 0 aliphatic heterocycles. The number of H-pyrrole nitrogens is 1. The van der Waals surface area contributed by atoms with Crippen LogP contribution in [0.5, 0.6) is 0 Å². The van der Waals surface area contributed by atoms with Gasteiger partial charge in [0, 0.05) is 5.56 Å². The van der Waals surface area contributed by atoms with Crippen molar-refractivity contribution in [2.24, 2.45) is 0 Å². The minimum absolute atomic E-state index is 0.594. The van der Waals surface area contributed by atoms with E-state index < -0.39 is 8.32 Å². The number of aryl methyl sites for hydroxylation is 1. The van der Waals surface area contributed by atoms with Crippen molar-refractivity contribution in [1.82, 2.24) is 10.2 Å². The molecule has 132 valence electrons. The highest BCUT2D eigenvalue weighted by molar-refractivity contribution is 6.77. The number of hydrogen-bond acceptors (Lipinski definition) is 2. The lowest BCUT2D eigenvalue weighted by Crippen LogP contribution is -2.47. The van der Waals surface area contributed by atoms with Gasteiger partial charge >= 0.3 is 0 Å². The van der Waals surface area contributed by atoms with Gasteiger partial charge in [-0.15, -0.1) is 0 Å². The molecule has 1 heterocycles. The Morgan fingerprint density at radius 2 is 1.62 bits per heavy atom. The van der Waals surface area contributed by atoms with Gasteiger partial charge in [-0.2, -0.15) is 5.10 Å². The van der Waals surface area contributed by atoms with Gasteiger partial charge in [-0.05, 0) is 35.7 Å². The molecule has 3 nitrogen and oxygen atoms in total. The van der Waals surface area contributed by atoms with Gasteiger partial charge in [-0.1, -0.05) is 65.3 Å². The Balaban J connectivity index is 2.17. The molecule has 0 saturated carbocycles. The van der Waals surface area contributed by atoms with E-state index in [1.54, 1.807) is 0 Å². The zero-order valence-electron chi connectivity index (χ0n) is 16.2. The van der Waals surface area contributed by atoms with Crippen LogP contribution >= 0.6 is 0 Å². The van der Waals surface area contributed by atoms with Gasteiger partial charge in [0.15, 0.2) is 0 Å². The molecule has 0 bridgehead atoms. The van der Waals surface area contributed by atoms with Crippen molar-refractivity contribution in [2.45, 2.75) is 71.7 Å². The van der Waals surface area contributed by atoms with E-state index >= 15 is 0 Å². The monoisotopic (exact) mass is 344 g/mol. The summed E-state index contributed by atoms with van der Waals surface area (Å²) in [5.41, 5.74) is 6.23. The average molecular weight is 345 g/mol. The minimum Gasteiger partial charge on any atom is -0.410 e. The molecular formula is C20H32N2OSi. The fourth-order valence-electron chi connectivity index (χ4n) is 4.09. The van der Waals surface area contributed by atoms with Crippen LogP contribution < -0.4 is 0 Å². The first-order valence-corrected chi connectivity index (χ1v) is 11.2. The Labute approximate surface area is 148 Å². The number of benzene rings is 1. The Morgan fingerprint density at radius 1 is 1.00 bits per heavy atom. The van der Waals surface area contributed by atoms with Gasteiger partial charge in [-0.25, -0.2) is 0 Å². The van der Waals surface area contributed by atoms with Gasteiger partial charge < -0.3 is 4.43 Å². The maximum Gasteiger partial charge on any atom is 0.200 e. The molecule has 0 aliphatic rings. The number of aromatic nitrogens is 2. The molecule has 0 fully saturated rings. The third-order valence-corrected chi connectivity index (χ3v) is 11.2. The molecule has 2 aromatic rings. The van der Waals surface area contributed by atoms with Gasteiger partial charge in [0.25, 0.3) is 0 Å². The molecule has 24 heavy (non-hydrogen) atoms. The molecule has 1 aromatic carbocycles. The summed E-state index contributed by atoms with van der Waals surface area (Å²) >= 11 is 0. The molecule has 0 unspecified atom stereocenters. The van der Waals surface area contributed by atoms with E-state index in [0.29, 0.717) is 23.2 Å². The van der Waals surface area contributed by atoms with Crippen molar-refractivity contribution < 1.29 is 4.43 Å². The third kappa shape index (κ3) is 3.81. The summed E-state index contributed by atoms with van der Waals surface area (Å²) in [6.45, 7) is 16.6. The first-order chi connectivity index (χ1) is 11.3. The van der Waals surface area contributed by atoms with Crippen LogP contribution in [0, 0.1) is 6.92 Å². The molecule has 1 N–H and O–H groups in total. The van der Waals surface area contributed by atoms with E-state index in [9.17, 15) is 0 Å². The zero-order valence-corrected chi connectivity index (χ0v) is 17.2. The molecule has 0 aliphatic carbocycles. The molecule has 1 aromatic heterocycles. The summed E-state index contributed by atoms with van der Waals surface area (Å²) in [5.74, 6) is 0. The lowest BCUT2D eigenvalue weighted by atomic mass is 10.1. The van der Waals surface area contributed by atoms with Crippen LogP contribution in [-0.4, -0.2) is 18.5 Å². The van der Waals surface area contributed by atoms with Crippen LogP contribution in [0.15, 0.2) is 30.3 Å². The topological polar surface area (TPSA) is 37.9 Å². The van der Waals surface area contributed by atoms with Crippen LogP contribution in [0.4, 0.5) is 0 Å². The predicted octanol–water partition coefficient (Wildman–Crippen LogP) is 6.08.